The summed E-state index contributed by atoms with van der Waals surface area (Å²) < 4.78 is 0. The van der Waals surface area contributed by atoms with Crippen molar-refractivity contribution in [2.75, 3.05) is 0 Å². The van der Waals surface area contributed by atoms with Crippen molar-refractivity contribution in [1.82, 2.24) is 0 Å². The highest BCUT2D eigenvalue weighted by molar-refractivity contribution is 5.94. The zero-order valence-electron chi connectivity index (χ0n) is 31.6. The molecule has 0 amide bonds. The molecule has 0 atom stereocenters. The summed E-state index contributed by atoms with van der Waals surface area (Å²) in [6.45, 7) is 10.1. The van der Waals surface area contributed by atoms with E-state index in [4.69, 9.17) is 0 Å². The van der Waals surface area contributed by atoms with Crippen molar-refractivity contribution in [2.24, 2.45) is 10.8 Å². The summed E-state index contributed by atoms with van der Waals surface area (Å²) in [5.41, 5.74) is -0.858. The number of nitrogens with zero attached hydrogens (tertiary/aromatic N) is 12. The monoisotopic (exact) mass is 736 g/mol. The Bertz CT molecular complexity index is 2450. The van der Waals surface area contributed by atoms with E-state index in [0.717, 1.165) is 0 Å². The van der Waals surface area contributed by atoms with Gasteiger partial charge in [-0.1, -0.05) is 90.1 Å². The summed E-state index contributed by atoms with van der Waals surface area (Å²) in [5, 5.41) is 120. The molecule has 2 aromatic carbocycles. The van der Waals surface area contributed by atoms with E-state index >= 15 is 0 Å². The van der Waals surface area contributed by atoms with Gasteiger partial charge in [0, 0.05) is 33.4 Å². The van der Waals surface area contributed by atoms with Crippen molar-refractivity contribution in [2.45, 2.75) is 53.4 Å². The lowest BCUT2D eigenvalue weighted by Gasteiger charge is -2.29. The third-order valence-corrected chi connectivity index (χ3v) is 8.23. The van der Waals surface area contributed by atoms with Crippen LogP contribution in [0.5, 0.6) is 0 Å². The Labute approximate surface area is 331 Å². The third-order valence-electron chi connectivity index (χ3n) is 8.23. The minimum Gasteiger partial charge on any atom is -0.196 e. The Kier molecular flexibility index (Phi) is 14.7. The van der Waals surface area contributed by atoms with E-state index in [1.165, 1.54) is 48.5 Å². The van der Waals surface area contributed by atoms with Crippen molar-refractivity contribution in [1.29, 1.82) is 63.1 Å². The maximum atomic E-state index is 10.4. The zero-order chi connectivity index (χ0) is 43.1. The van der Waals surface area contributed by atoms with Crippen LogP contribution >= 0.6 is 0 Å². The average Bonchev–Trinajstić information content (AvgIpc) is 3.19. The second kappa shape index (κ2) is 19.0. The van der Waals surface area contributed by atoms with Gasteiger partial charge in [-0.05, 0) is 33.1 Å². The van der Waals surface area contributed by atoms with Crippen molar-refractivity contribution >= 4 is 11.1 Å². The molecule has 0 aliphatic heterocycles. The molecule has 268 valence electrons. The summed E-state index contributed by atoms with van der Waals surface area (Å²) in [5.74, 6) is -2.29. The molecule has 0 saturated heterocycles. The topological polar surface area (TPSA) is 285 Å². The molecular weight excluding hydrogens is 709 g/mol. The highest BCUT2D eigenvalue weighted by Crippen LogP contribution is 2.46. The maximum absolute atomic E-state index is 10.4. The third kappa shape index (κ3) is 9.62. The van der Waals surface area contributed by atoms with Gasteiger partial charge in [-0.15, -0.1) is 5.73 Å². The van der Waals surface area contributed by atoms with Gasteiger partial charge in [0.1, 0.15) is 70.8 Å². The summed E-state index contributed by atoms with van der Waals surface area (Å²) >= 11 is 0. The second-order valence-electron chi connectivity index (χ2n) is 13.9. The smallest absolute Gasteiger partial charge is 0.158 e. The highest BCUT2D eigenvalue weighted by Gasteiger charge is 2.34. The van der Waals surface area contributed by atoms with Gasteiger partial charge >= 0.3 is 0 Å². The molecule has 57 heavy (non-hydrogen) atoms. The molecule has 0 aliphatic rings. The molecule has 0 spiro atoms. The second-order valence-corrected chi connectivity index (χ2v) is 13.9. The molecule has 0 radical (unpaired) electrons. The summed E-state index contributed by atoms with van der Waals surface area (Å²) in [6, 6.07) is 33.6. The Balaban J connectivity index is 3.60. The van der Waals surface area contributed by atoms with Crippen molar-refractivity contribution in [3.05, 3.63) is 121 Å². The van der Waals surface area contributed by atoms with Crippen LogP contribution < -0.4 is 0 Å². The lowest BCUT2D eigenvalue weighted by Crippen LogP contribution is -2.18. The van der Waals surface area contributed by atoms with E-state index in [1.807, 2.05) is 72.8 Å². The number of hydrogen-bond donors (Lipinski definition) is 0. The van der Waals surface area contributed by atoms with Gasteiger partial charge in [-0.25, -0.2) is 0 Å². The molecule has 2 aromatic rings. The van der Waals surface area contributed by atoms with Crippen LogP contribution in [0.4, 0.5) is 0 Å². The zero-order valence-corrected chi connectivity index (χ0v) is 31.6. The van der Waals surface area contributed by atoms with Crippen LogP contribution in [0.2, 0.25) is 0 Å². The van der Waals surface area contributed by atoms with E-state index in [2.05, 4.69) is 5.73 Å². The normalized spacial score (nSPS) is 9.61. The van der Waals surface area contributed by atoms with Gasteiger partial charge in [-0.2, -0.15) is 63.1 Å². The molecule has 0 unspecified atom stereocenters. The van der Waals surface area contributed by atoms with E-state index < -0.39 is 45.0 Å². The Morgan fingerprint density at radius 1 is 0.386 bits per heavy atom. The van der Waals surface area contributed by atoms with Gasteiger partial charge < -0.3 is 0 Å². The molecule has 0 saturated carbocycles. The first kappa shape index (κ1) is 44.0. The van der Waals surface area contributed by atoms with E-state index in [1.54, 1.807) is 41.5 Å². The molecule has 0 fully saturated rings. The van der Waals surface area contributed by atoms with Gasteiger partial charge in [0.05, 0.1) is 24.3 Å². The van der Waals surface area contributed by atoms with Crippen LogP contribution in [0, 0.1) is 147 Å². The van der Waals surface area contributed by atoms with Crippen LogP contribution in [-0.4, -0.2) is 0 Å². The lowest BCUT2D eigenvalue weighted by molar-refractivity contribution is 0.500. The van der Waals surface area contributed by atoms with Crippen LogP contribution in [-0.2, 0) is 0 Å². The van der Waals surface area contributed by atoms with Crippen molar-refractivity contribution in [3.63, 3.8) is 0 Å². The largest absolute Gasteiger partial charge is 0.196 e. The van der Waals surface area contributed by atoms with Crippen LogP contribution in [0.3, 0.4) is 0 Å². The molecule has 12 nitrogen and oxygen atoms in total. The molecule has 0 N–H and O–H groups in total. The predicted molar refractivity (Wildman–Crippen MR) is 203 cm³/mol. The fourth-order valence-electron chi connectivity index (χ4n) is 5.54. The van der Waals surface area contributed by atoms with Crippen LogP contribution in [0.25, 0.3) is 11.1 Å². The minimum atomic E-state index is -1.15. The van der Waals surface area contributed by atoms with Crippen molar-refractivity contribution in [3.8, 4) is 72.8 Å². The lowest BCUT2D eigenvalue weighted by atomic mass is 9.72. The average molecular weight is 737 g/mol. The fourth-order valence-corrected chi connectivity index (χ4v) is 5.54. The van der Waals surface area contributed by atoms with E-state index in [9.17, 15) is 63.1 Å². The van der Waals surface area contributed by atoms with Gasteiger partial charge in [0.15, 0.2) is 11.8 Å². The summed E-state index contributed by atoms with van der Waals surface area (Å²) in [7, 11) is 0. The van der Waals surface area contributed by atoms with Gasteiger partial charge in [-0.3, -0.25) is 0 Å². The molecule has 0 aromatic heterocycles. The first-order chi connectivity index (χ1) is 27.0. The Morgan fingerprint density at radius 2 is 0.632 bits per heavy atom. The number of nitriles is 12. The molecule has 0 aliphatic carbocycles. The quantitative estimate of drug-likeness (QED) is 0.140. The number of hydrogen-bond acceptors (Lipinski definition) is 12. The molecule has 0 heterocycles. The standard InChI is InChI=1S/C45H28N12/c1-44(2,3)38(42(36(24-54)25-55)40(34(20-50)21-51)30-11-7-28(8-12-30)32(16-46)17-47)15-39(45(4,5)6)43(37(26-56)27-57)41(35(22-52)23-53)31-13-9-29(10-14-31)33(18-48)19-49/h7-14,32-33H,1-6H3. The summed E-state index contributed by atoms with van der Waals surface area (Å²) in [4.78, 5) is 0. The SMILES string of the molecule is CC(C)(C)C(=C=C(C(=C(C#N)C#N)C(=C(C#N)C#N)c1ccc(C(C#N)C#N)cc1)C(C)(C)C)C(=C(C#N)C#N)C(=C(C#N)C#N)c1ccc(C(C#N)C#N)cc1. The van der Waals surface area contributed by atoms with E-state index in [-0.39, 0.29) is 44.6 Å². The first-order valence-corrected chi connectivity index (χ1v) is 16.6. The molecule has 2 rings (SSSR count). The summed E-state index contributed by atoms with van der Waals surface area (Å²) in [6.07, 6.45) is 0. The van der Waals surface area contributed by atoms with Crippen LogP contribution in [0.1, 0.15) is 75.6 Å². The predicted octanol–water partition coefficient (Wildman–Crippen LogP) is 8.48. The van der Waals surface area contributed by atoms with Gasteiger partial charge in [0.25, 0.3) is 0 Å². The molecule has 12 heteroatoms. The highest BCUT2D eigenvalue weighted by atomic mass is 14.4. The minimum absolute atomic E-state index is 0.0447. The molecule has 0 bridgehead atoms. The van der Waals surface area contributed by atoms with Crippen LogP contribution in [0.15, 0.2) is 98.8 Å². The Hall–Kier alpha value is -9.20. The van der Waals surface area contributed by atoms with Gasteiger partial charge in [0.2, 0.25) is 0 Å². The van der Waals surface area contributed by atoms with Crippen molar-refractivity contribution < 1.29 is 0 Å². The first-order valence-electron chi connectivity index (χ1n) is 16.6. The number of benzene rings is 2. The Morgan fingerprint density at radius 3 is 0.825 bits per heavy atom. The fraction of sp³-hybridized carbons (Fsp3) is 0.222. The maximum Gasteiger partial charge on any atom is 0.158 e. The van der Waals surface area contributed by atoms with E-state index in [0.29, 0.717) is 11.1 Å². The molecular formula is C45H28N12. The number of allylic oxidation sites excluding steroid dienone is 9. The number of rotatable bonds is 8.